The highest BCUT2D eigenvalue weighted by atomic mass is 32.2. The first-order chi connectivity index (χ1) is 11.0. The lowest BCUT2D eigenvalue weighted by atomic mass is 10.1. The number of hydrogen-bond acceptors (Lipinski definition) is 4. The molecule has 0 aromatic heterocycles. The molecule has 3 atom stereocenters. The maximum atomic E-state index is 12.6. The summed E-state index contributed by atoms with van der Waals surface area (Å²) in [5.41, 5.74) is 1.27. The van der Waals surface area contributed by atoms with Crippen molar-refractivity contribution in [3.8, 4) is 0 Å². The van der Waals surface area contributed by atoms with Crippen molar-refractivity contribution in [3.05, 3.63) is 35.9 Å². The smallest absolute Gasteiger partial charge is 0.217 e. The van der Waals surface area contributed by atoms with E-state index in [-0.39, 0.29) is 12.1 Å². The first kappa shape index (κ1) is 16.9. The molecule has 3 rings (SSSR count). The van der Waals surface area contributed by atoms with Crippen LogP contribution in [-0.4, -0.2) is 50.4 Å². The molecule has 0 bridgehead atoms. The summed E-state index contributed by atoms with van der Waals surface area (Å²) in [5, 5.41) is -0.410. The summed E-state index contributed by atoms with van der Waals surface area (Å²) in [6.07, 6.45) is 2.32. The molecule has 6 heteroatoms. The SMILES string of the molecule is C[C@@H]1OCC[C@H]1S(=O)(=O)N[C@@H]1CCCN(Cc2ccccc2)C1. The molecule has 2 aliphatic rings. The third kappa shape index (κ3) is 4.32. The predicted octanol–water partition coefficient (Wildman–Crippen LogP) is 1.75. The van der Waals surface area contributed by atoms with Gasteiger partial charge in [0.15, 0.2) is 0 Å². The van der Waals surface area contributed by atoms with E-state index in [1.807, 2.05) is 25.1 Å². The van der Waals surface area contributed by atoms with E-state index < -0.39 is 15.3 Å². The van der Waals surface area contributed by atoms with Gasteiger partial charge in [0.2, 0.25) is 10.0 Å². The van der Waals surface area contributed by atoms with Crippen LogP contribution in [0.15, 0.2) is 30.3 Å². The van der Waals surface area contributed by atoms with Crippen LogP contribution in [0.3, 0.4) is 0 Å². The lowest BCUT2D eigenvalue weighted by molar-refractivity contribution is 0.126. The maximum absolute atomic E-state index is 12.6. The fraction of sp³-hybridized carbons (Fsp3) is 0.647. The van der Waals surface area contributed by atoms with Crippen molar-refractivity contribution in [2.45, 2.75) is 50.1 Å². The van der Waals surface area contributed by atoms with Gasteiger partial charge in [-0.3, -0.25) is 4.90 Å². The summed E-state index contributed by atoms with van der Waals surface area (Å²) < 4.78 is 33.5. The number of rotatable bonds is 5. The van der Waals surface area contributed by atoms with Crippen molar-refractivity contribution in [1.29, 1.82) is 0 Å². The number of hydrogen-bond donors (Lipinski definition) is 1. The zero-order valence-electron chi connectivity index (χ0n) is 13.6. The Morgan fingerprint density at radius 1 is 1.26 bits per heavy atom. The van der Waals surface area contributed by atoms with Gasteiger partial charge < -0.3 is 4.74 Å². The molecule has 0 spiro atoms. The fourth-order valence-corrected chi connectivity index (χ4v) is 5.40. The summed E-state index contributed by atoms with van der Waals surface area (Å²) in [7, 11) is -3.31. The van der Waals surface area contributed by atoms with E-state index in [2.05, 4.69) is 21.8 Å². The van der Waals surface area contributed by atoms with Crippen LogP contribution in [0.25, 0.3) is 0 Å². The number of nitrogens with one attached hydrogen (secondary N) is 1. The number of likely N-dealkylation sites (tertiary alicyclic amines) is 1. The second-order valence-electron chi connectivity index (χ2n) is 6.63. The Morgan fingerprint density at radius 2 is 2.04 bits per heavy atom. The van der Waals surface area contributed by atoms with Gasteiger partial charge in [-0.2, -0.15) is 0 Å². The third-order valence-corrected chi connectivity index (χ3v) is 6.87. The summed E-state index contributed by atoms with van der Waals surface area (Å²) in [5.74, 6) is 0. The zero-order valence-corrected chi connectivity index (χ0v) is 14.5. The summed E-state index contributed by atoms with van der Waals surface area (Å²) in [6.45, 7) is 5.06. The lowest BCUT2D eigenvalue weighted by Gasteiger charge is -2.33. The molecule has 2 aliphatic heterocycles. The minimum atomic E-state index is -3.31. The van der Waals surface area contributed by atoms with Crippen LogP contribution in [0.4, 0.5) is 0 Å². The Morgan fingerprint density at radius 3 is 2.74 bits per heavy atom. The zero-order chi connectivity index (χ0) is 16.3. The highest BCUT2D eigenvalue weighted by molar-refractivity contribution is 7.90. The van der Waals surface area contributed by atoms with Gasteiger partial charge in [-0.25, -0.2) is 13.1 Å². The van der Waals surface area contributed by atoms with E-state index in [1.54, 1.807) is 0 Å². The molecule has 0 unspecified atom stereocenters. The van der Waals surface area contributed by atoms with Crippen molar-refractivity contribution in [3.63, 3.8) is 0 Å². The first-order valence-corrected chi connectivity index (χ1v) is 9.98. The molecule has 0 amide bonds. The molecular weight excluding hydrogens is 312 g/mol. The summed E-state index contributed by atoms with van der Waals surface area (Å²) in [6, 6.07) is 10.3. The molecule has 2 heterocycles. The predicted molar refractivity (Wildman–Crippen MR) is 90.6 cm³/mol. The first-order valence-electron chi connectivity index (χ1n) is 8.43. The second-order valence-corrected chi connectivity index (χ2v) is 8.56. The molecular formula is C17H26N2O3S. The summed E-state index contributed by atoms with van der Waals surface area (Å²) in [4.78, 5) is 2.33. The van der Waals surface area contributed by atoms with Crippen LogP contribution in [0.2, 0.25) is 0 Å². The number of ether oxygens (including phenoxy) is 1. The molecule has 1 aromatic rings. The van der Waals surface area contributed by atoms with Crippen LogP contribution < -0.4 is 4.72 Å². The second kappa shape index (κ2) is 7.30. The van der Waals surface area contributed by atoms with Gasteiger partial charge in [-0.1, -0.05) is 30.3 Å². The number of benzene rings is 1. The van der Waals surface area contributed by atoms with Gasteiger partial charge in [0.1, 0.15) is 5.25 Å². The Hall–Kier alpha value is -0.950. The van der Waals surface area contributed by atoms with Crippen LogP contribution in [0.1, 0.15) is 31.7 Å². The maximum Gasteiger partial charge on any atom is 0.217 e. The topological polar surface area (TPSA) is 58.6 Å². The van der Waals surface area contributed by atoms with Gasteiger partial charge >= 0.3 is 0 Å². The van der Waals surface area contributed by atoms with Crippen LogP contribution >= 0.6 is 0 Å². The van der Waals surface area contributed by atoms with Gasteiger partial charge in [-0.05, 0) is 38.3 Å². The van der Waals surface area contributed by atoms with Crippen molar-refractivity contribution >= 4 is 10.0 Å². The van der Waals surface area contributed by atoms with Gasteiger partial charge in [0.05, 0.1) is 6.10 Å². The monoisotopic (exact) mass is 338 g/mol. The molecule has 23 heavy (non-hydrogen) atoms. The Labute approximate surface area is 139 Å². The van der Waals surface area contributed by atoms with Crippen molar-refractivity contribution in [2.75, 3.05) is 19.7 Å². The van der Waals surface area contributed by atoms with E-state index >= 15 is 0 Å². The molecule has 1 N–H and O–H groups in total. The normalized spacial score (nSPS) is 29.7. The number of nitrogens with zero attached hydrogens (tertiary/aromatic N) is 1. The highest BCUT2D eigenvalue weighted by Gasteiger charge is 2.37. The number of sulfonamides is 1. The molecule has 0 aliphatic carbocycles. The van der Waals surface area contributed by atoms with Gasteiger partial charge in [-0.15, -0.1) is 0 Å². The fourth-order valence-electron chi connectivity index (χ4n) is 3.58. The molecule has 1 aromatic carbocycles. The Kier molecular flexibility index (Phi) is 5.36. The van der Waals surface area contributed by atoms with E-state index in [0.29, 0.717) is 13.0 Å². The van der Waals surface area contributed by atoms with Gasteiger partial charge in [0.25, 0.3) is 0 Å². The van der Waals surface area contributed by atoms with Gasteiger partial charge in [0, 0.05) is 25.7 Å². The Bertz CT molecular complexity index is 606. The van der Waals surface area contributed by atoms with Crippen LogP contribution in [0, 0.1) is 0 Å². The molecule has 128 valence electrons. The lowest BCUT2D eigenvalue weighted by Crippen LogP contribution is -2.50. The summed E-state index contributed by atoms with van der Waals surface area (Å²) >= 11 is 0. The van der Waals surface area contributed by atoms with Crippen molar-refractivity contribution in [1.82, 2.24) is 9.62 Å². The van der Waals surface area contributed by atoms with Crippen LogP contribution in [-0.2, 0) is 21.3 Å². The molecule has 0 saturated carbocycles. The van der Waals surface area contributed by atoms with Crippen molar-refractivity contribution < 1.29 is 13.2 Å². The molecule has 2 saturated heterocycles. The van der Waals surface area contributed by atoms with E-state index in [4.69, 9.17) is 4.74 Å². The largest absolute Gasteiger partial charge is 0.377 e. The average Bonchev–Trinajstić information content (AvgIpc) is 2.95. The standard InChI is InChI=1S/C17H26N2O3S/c1-14-17(9-11-22-14)23(20,21)18-16-8-5-10-19(13-16)12-15-6-3-2-4-7-15/h2-4,6-7,14,16-18H,5,8-13H2,1H3/t14-,16+,17+/m0/s1. The van der Waals surface area contributed by atoms with E-state index in [9.17, 15) is 8.42 Å². The highest BCUT2D eigenvalue weighted by Crippen LogP contribution is 2.22. The number of piperidine rings is 1. The van der Waals surface area contributed by atoms with E-state index in [0.717, 1.165) is 32.5 Å². The van der Waals surface area contributed by atoms with Crippen molar-refractivity contribution in [2.24, 2.45) is 0 Å². The van der Waals surface area contributed by atoms with Crippen LogP contribution in [0.5, 0.6) is 0 Å². The molecule has 5 nitrogen and oxygen atoms in total. The average molecular weight is 338 g/mol. The minimum Gasteiger partial charge on any atom is -0.377 e. The van der Waals surface area contributed by atoms with E-state index in [1.165, 1.54) is 5.56 Å². The Balaban J connectivity index is 1.58. The molecule has 0 radical (unpaired) electrons. The third-order valence-electron chi connectivity index (χ3n) is 4.79. The molecule has 2 fully saturated rings. The minimum absolute atomic E-state index is 0.00487. The quantitative estimate of drug-likeness (QED) is 0.889.